The standard InChI is InChI=1S/C24H26O2S/c1-18-12-19(2)14-24(13-18)27-17-22(25)16-26-23-10-8-21(9-11-23)15-20-6-4-3-5-7-20/h3-14,22,25H,15-17H2,1-2H3. The fourth-order valence-corrected chi connectivity index (χ4v) is 4.00. The van der Waals surface area contributed by atoms with Crippen LogP contribution >= 0.6 is 11.8 Å². The second-order valence-electron chi connectivity index (χ2n) is 6.91. The van der Waals surface area contributed by atoms with Gasteiger partial charge in [0, 0.05) is 10.6 Å². The first-order valence-corrected chi connectivity index (χ1v) is 10.2. The number of thioether (sulfide) groups is 1. The molecule has 1 unspecified atom stereocenters. The van der Waals surface area contributed by atoms with Crippen molar-refractivity contribution in [2.75, 3.05) is 12.4 Å². The predicted octanol–water partition coefficient (Wildman–Crippen LogP) is 5.43. The topological polar surface area (TPSA) is 29.5 Å². The van der Waals surface area contributed by atoms with Crippen LogP contribution < -0.4 is 4.74 Å². The Labute approximate surface area is 166 Å². The largest absolute Gasteiger partial charge is 0.491 e. The molecule has 27 heavy (non-hydrogen) atoms. The van der Waals surface area contributed by atoms with Gasteiger partial charge in [-0.15, -0.1) is 11.8 Å². The number of rotatable bonds is 8. The SMILES string of the molecule is Cc1cc(C)cc(SCC(O)COc2ccc(Cc3ccccc3)cc2)c1. The zero-order chi connectivity index (χ0) is 19.1. The molecule has 3 aromatic carbocycles. The van der Waals surface area contributed by atoms with Crippen molar-refractivity contribution in [2.24, 2.45) is 0 Å². The van der Waals surface area contributed by atoms with E-state index in [0.29, 0.717) is 12.4 Å². The second kappa shape index (κ2) is 9.63. The lowest BCUT2D eigenvalue weighted by Gasteiger charge is -2.13. The molecule has 0 radical (unpaired) electrons. The van der Waals surface area contributed by atoms with Crippen LogP contribution in [0.25, 0.3) is 0 Å². The molecule has 0 bridgehead atoms. The molecule has 140 valence electrons. The van der Waals surface area contributed by atoms with Crippen molar-refractivity contribution < 1.29 is 9.84 Å². The Bertz CT molecular complexity index is 824. The third kappa shape index (κ3) is 6.46. The lowest BCUT2D eigenvalue weighted by molar-refractivity contribution is 0.126. The first-order chi connectivity index (χ1) is 13.1. The summed E-state index contributed by atoms with van der Waals surface area (Å²) in [7, 11) is 0. The van der Waals surface area contributed by atoms with E-state index in [1.54, 1.807) is 11.8 Å². The fraction of sp³-hybridized carbons (Fsp3) is 0.250. The molecule has 3 rings (SSSR count). The highest BCUT2D eigenvalue weighted by Gasteiger charge is 2.07. The molecule has 0 aliphatic heterocycles. The molecule has 3 aromatic rings. The van der Waals surface area contributed by atoms with Crippen molar-refractivity contribution in [1.29, 1.82) is 0 Å². The van der Waals surface area contributed by atoms with Gasteiger partial charge in [0.25, 0.3) is 0 Å². The van der Waals surface area contributed by atoms with Crippen molar-refractivity contribution in [3.05, 3.63) is 95.1 Å². The summed E-state index contributed by atoms with van der Waals surface area (Å²) in [6, 6.07) is 25.0. The molecular formula is C24H26O2S. The molecule has 0 spiro atoms. The molecule has 3 heteroatoms. The molecule has 0 saturated carbocycles. The van der Waals surface area contributed by atoms with Gasteiger partial charge in [-0.3, -0.25) is 0 Å². The van der Waals surface area contributed by atoms with Crippen molar-refractivity contribution in [1.82, 2.24) is 0 Å². The molecule has 0 amide bonds. The van der Waals surface area contributed by atoms with E-state index in [0.717, 1.165) is 12.2 Å². The van der Waals surface area contributed by atoms with Crippen molar-refractivity contribution in [2.45, 2.75) is 31.3 Å². The van der Waals surface area contributed by atoms with E-state index in [1.165, 1.54) is 27.1 Å². The van der Waals surface area contributed by atoms with E-state index < -0.39 is 6.10 Å². The molecule has 0 aliphatic carbocycles. The monoisotopic (exact) mass is 378 g/mol. The van der Waals surface area contributed by atoms with Crippen LogP contribution in [0.15, 0.2) is 77.7 Å². The molecular weight excluding hydrogens is 352 g/mol. The summed E-state index contributed by atoms with van der Waals surface area (Å²) in [5, 5.41) is 10.2. The summed E-state index contributed by atoms with van der Waals surface area (Å²) in [6.07, 6.45) is 0.413. The molecule has 0 heterocycles. The van der Waals surface area contributed by atoms with Gasteiger partial charge in [-0.2, -0.15) is 0 Å². The van der Waals surface area contributed by atoms with Crippen LogP contribution in [0.2, 0.25) is 0 Å². The number of aliphatic hydroxyl groups excluding tert-OH is 1. The third-order valence-electron chi connectivity index (χ3n) is 4.25. The molecule has 0 aromatic heterocycles. The Morgan fingerprint density at radius 3 is 2.15 bits per heavy atom. The summed E-state index contributed by atoms with van der Waals surface area (Å²) in [6.45, 7) is 4.49. The van der Waals surface area contributed by atoms with E-state index in [9.17, 15) is 5.11 Å². The van der Waals surface area contributed by atoms with Gasteiger partial charge in [0.05, 0.1) is 6.10 Å². The number of hydrogen-bond donors (Lipinski definition) is 1. The summed E-state index contributed by atoms with van der Waals surface area (Å²) >= 11 is 1.67. The fourth-order valence-electron chi connectivity index (χ4n) is 2.98. The van der Waals surface area contributed by atoms with E-state index >= 15 is 0 Å². The maximum absolute atomic E-state index is 10.2. The number of hydrogen-bond acceptors (Lipinski definition) is 3. The van der Waals surface area contributed by atoms with Crippen molar-refractivity contribution in [3.8, 4) is 5.75 Å². The minimum Gasteiger partial charge on any atom is -0.491 e. The van der Waals surface area contributed by atoms with Crippen molar-refractivity contribution >= 4 is 11.8 Å². The summed E-state index contributed by atoms with van der Waals surface area (Å²) in [5.41, 5.74) is 5.04. The molecule has 1 atom stereocenters. The third-order valence-corrected chi connectivity index (χ3v) is 5.37. The van der Waals surface area contributed by atoms with Crippen LogP contribution in [0.3, 0.4) is 0 Å². The minimum absolute atomic E-state index is 0.301. The lowest BCUT2D eigenvalue weighted by Crippen LogP contribution is -2.20. The van der Waals surface area contributed by atoms with Crippen LogP contribution in [-0.4, -0.2) is 23.6 Å². The average Bonchev–Trinajstić information content (AvgIpc) is 2.66. The number of aryl methyl sites for hydroxylation is 2. The zero-order valence-corrected chi connectivity index (χ0v) is 16.7. The van der Waals surface area contributed by atoms with Gasteiger partial charge >= 0.3 is 0 Å². The Morgan fingerprint density at radius 1 is 0.852 bits per heavy atom. The number of benzene rings is 3. The van der Waals surface area contributed by atoms with Crippen molar-refractivity contribution in [3.63, 3.8) is 0 Å². The van der Waals surface area contributed by atoms with Gasteiger partial charge in [-0.1, -0.05) is 48.5 Å². The first kappa shape index (κ1) is 19.5. The van der Waals surface area contributed by atoms with Crippen LogP contribution in [0, 0.1) is 13.8 Å². The predicted molar refractivity (Wildman–Crippen MR) is 114 cm³/mol. The Hall–Kier alpha value is -2.23. The maximum Gasteiger partial charge on any atom is 0.119 e. The quantitative estimate of drug-likeness (QED) is 0.530. The highest BCUT2D eigenvalue weighted by atomic mass is 32.2. The summed E-state index contributed by atoms with van der Waals surface area (Å²) in [5.74, 6) is 1.41. The minimum atomic E-state index is -0.500. The van der Waals surface area contributed by atoms with Gasteiger partial charge in [-0.05, 0) is 66.8 Å². The molecule has 2 nitrogen and oxygen atoms in total. The number of ether oxygens (including phenoxy) is 1. The second-order valence-corrected chi connectivity index (χ2v) is 8.00. The average molecular weight is 379 g/mol. The van der Waals surface area contributed by atoms with Gasteiger partial charge in [0.15, 0.2) is 0 Å². The Morgan fingerprint density at radius 2 is 1.48 bits per heavy atom. The normalized spacial score (nSPS) is 12.0. The zero-order valence-electron chi connectivity index (χ0n) is 15.9. The smallest absolute Gasteiger partial charge is 0.119 e. The lowest BCUT2D eigenvalue weighted by atomic mass is 10.1. The summed E-state index contributed by atoms with van der Waals surface area (Å²) < 4.78 is 5.75. The van der Waals surface area contributed by atoms with E-state index in [-0.39, 0.29) is 0 Å². The van der Waals surface area contributed by atoms with E-state index in [1.807, 2.05) is 18.2 Å². The van der Waals surface area contributed by atoms with Gasteiger partial charge in [0.1, 0.15) is 12.4 Å². The highest BCUT2D eigenvalue weighted by molar-refractivity contribution is 7.99. The van der Waals surface area contributed by atoms with Gasteiger partial charge in [-0.25, -0.2) is 0 Å². The van der Waals surface area contributed by atoms with Gasteiger partial charge < -0.3 is 9.84 Å². The Balaban J connectivity index is 1.45. The maximum atomic E-state index is 10.2. The van der Waals surface area contributed by atoms with Crippen LogP contribution in [-0.2, 0) is 6.42 Å². The molecule has 0 saturated heterocycles. The highest BCUT2D eigenvalue weighted by Crippen LogP contribution is 2.22. The van der Waals surface area contributed by atoms with Crippen LogP contribution in [0.4, 0.5) is 0 Å². The molecule has 0 fully saturated rings. The summed E-state index contributed by atoms with van der Waals surface area (Å²) in [4.78, 5) is 1.19. The van der Waals surface area contributed by atoms with Gasteiger partial charge in [0.2, 0.25) is 0 Å². The number of aliphatic hydroxyl groups is 1. The van der Waals surface area contributed by atoms with Crippen LogP contribution in [0.5, 0.6) is 5.75 Å². The first-order valence-electron chi connectivity index (χ1n) is 9.23. The van der Waals surface area contributed by atoms with E-state index in [4.69, 9.17) is 4.74 Å². The Kier molecular flexibility index (Phi) is 6.97. The molecule has 1 N–H and O–H groups in total. The van der Waals surface area contributed by atoms with E-state index in [2.05, 4.69) is 68.4 Å². The molecule has 0 aliphatic rings. The van der Waals surface area contributed by atoms with Crippen LogP contribution in [0.1, 0.15) is 22.3 Å².